The summed E-state index contributed by atoms with van der Waals surface area (Å²) < 4.78 is 0. The van der Waals surface area contributed by atoms with Gasteiger partial charge in [0, 0.05) is 18.4 Å². The molecule has 1 heterocycles. The molecule has 24 heavy (non-hydrogen) atoms. The van der Waals surface area contributed by atoms with Gasteiger partial charge in [0.05, 0.1) is 10.7 Å². The van der Waals surface area contributed by atoms with Crippen LogP contribution in [-0.2, 0) is 0 Å². The Balaban J connectivity index is 1.90. The number of anilines is 4. The molecular formula is C19H19ClN4. The van der Waals surface area contributed by atoms with E-state index >= 15 is 0 Å². The summed E-state index contributed by atoms with van der Waals surface area (Å²) in [6.45, 7) is 5.00. The van der Waals surface area contributed by atoms with Crippen molar-refractivity contribution in [2.45, 2.75) is 13.8 Å². The summed E-state index contributed by atoms with van der Waals surface area (Å²) in [5, 5.41) is 3.81. The van der Waals surface area contributed by atoms with Gasteiger partial charge < -0.3 is 10.2 Å². The lowest BCUT2D eigenvalue weighted by atomic mass is 10.2. The fourth-order valence-electron chi connectivity index (χ4n) is 2.52. The Hall–Kier alpha value is -2.59. The van der Waals surface area contributed by atoms with Crippen LogP contribution >= 0.6 is 11.6 Å². The van der Waals surface area contributed by atoms with Crippen molar-refractivity contribution in [3.8, 4) is 0 Å². The lowest BCUT2D eigenvalue weighted by Crippen LogP contribution is -2.18. The Labute approximate surface area is 147 Å². The number of nitrogens with one attached hydrogen (secondary N) is 1. The summed E-state index contributed by atoms with van der Waals surface area (Å²) in [5.41, 5.74) is 3.12. The van der Waals surface area contributed by atoms with Gasteiger partial charge in [-0.25, -0.2) is 4.98 Å². The smallest absolute Gasteiger partial charge is 0.229 e. The van der Waals surface area contributed by atoms with Crippen LogP contribution in [0, 0.1) is 6.92 Å². The first-order valence-corrected chi connectivity index (χ1v) is 8.24. The molecule has 1 aromatic heterocycles. The molecule has 122 valence electrons. The first-order chi connectivity index (χ1) is 11.7. The average Bonchev–Trinajstić information content (AvgIpc) is 2.58. The van der Waals surface area contributed by atoms with Gasteiger partial charge in [-0.2, -0.15) is 4.98 Å². The summed E-state index contributed by atoms with van der Waals surface area (Å²) in [5.74, 6) is 1.36. The Morgan fingerprint density at radius 2 is 1.92 bits per heavy atom. The fraction of sp³-hybridized carbons (Fsp3) is 0.158. The lowest BCUT2D eigenvalue weighted by molar-refractivity contribution is 0.977. The first-order valence-electron chi connectivity index (χ1n) is 7.86. The van der Waals surface area contributed by atoms with Gasteiger partial charge in [0.1, 0.15) is 5.82 Å². The van der Waals surface area contributed by atoms with Crippen LogP contribution in [0.3, 0.4) is 0 Å². The molecule has 3 rings (SSSR count). The SMILES string of the molecule is CCN(c1cccc(C)c1)c1ccnc(Nc2ccccc2Cl)n1. The van der Waals surface area contributed by atoms with E-state index in [1.165, 1.54) is 5.56 Å². The zero-order chi connectivity index (χ0) is 16.9. The molecule has 1 N–H and O–H groups in total. The number of aryl methyl sites for hydroxylation is 1. The van der Waals surface area contributed by atoms with E-state index in [2.05, 4.69) is 58.3 Å². The number of aromatic nitrogens is 2. The van der Waals surface area contributed by atoms with Crippen LogP contribution < -0.4 is 10.2 Å². The molecule has 0 radical (unpaired) electrons. The maximum Gasteiger partial charge on any atom is 0.229 e. The molecule has 2 aromatic carbocycles. The topological polar surface area (TPSA) is 41.1 Å². The molecule has 0 fully saturated rings. The van der Waals surface area contributed by atoms with Gasteiger partial charge in [0.2, 0.25) is 5.95 Å². The van der Waals surface area contributed by atoms with Crippen molar-refractivity contribution in [3.05, 3.63) is 71.4 Å². The Bertz CT molecular complexity index is 835. The summed E-state index contributed by atoms with van der Waals surface area (Å²) in [7, 11) is 0. The highest BCUT2D eigenvalue weighted by molar-refractivity contribution is 6.33. The third-order valence-corrected chi connectivity index (χ3v) is 4.00. The van der Waals surface area contributed by atoms with Gasteiger partial charge in [-0.15, -0.1) is 0 Å². The zero-order valence-electron chi connectivity index (χ0n) is 13.7. The maximum absolute atomic E-state index is 6.19. The molecule has 0 saturated heterocycles. The molecule has 0 aliphatic heterocycles. The predicted octanol–water partition coefficient (Wildman–Crippen LogP) is 5.34. The monoisotopic (exact) mass is 338 g/mol. The number of halogens is 1. The van der Waals surface area contributed by atoms with Gasteiger partial charge >= 0.3 is 0 Å². The molecule has 0 atom stereocenters. The fourth-order valence-corrected chi connectivity index (χ4v) is 2.70. The molecule has 0 unspecified atom stereocenters. The lowest BCUT2D eigenvalue weighted by Gasteiger charge is -2.22. The van der Waals surface area contributed by atoms with Crippen LogP contribution in [0.4, 0.5) is 23.1 Å². The summed E-state index contributed by atoms with van der Waals surface area (Å²) in [4.78, 5) is 11.1. The molecule has 0 aliphatic carbocycles. The van der Waals surface area contributed by atoms with Crippen molar-refractivity contribution in [1.29, 1.82) is 0 Å². The molecule has 0 aliphatic rings. The van der Waals surface area contributed by atoms with E-state index in [0.717, 1.165) is 23.7 Å². The van der Waals surface area contributed by atoms with Crippen molar-refractivity contribution >= 4 is 34.7 Å². The number of rotatable bonds is 5. The van der Waals surface area contributed by atoms with Gasteiger partial charge in [-0.05, 0) is 49.7 Å². The average molecular weight is 339 g/mol. The first kappa shape index (κ1) is 16.3. The van der Waals surface area contributed by atoms with E-state index in [1.807, 2.05) is 30.3 Å². The molecule has 3 aromatic rings. The molecule has 0 amide bonds. The second kappa shape index (κ2) is 7.32. The second-order valence-corrected chi connectivity index (χ2v) is 5.83. The Morgan fingerprint density at radius 3 is 2.67 bits per heavy atom. The summed E-state index contributed by atoms with van der Waals surface area (Å²) >= 11 is 6.19. The molecule has 0 bridgehead atoms. The van der Waals surface area contributed by atoms with Crippen molar-refractivity contribution < 1.29 is 0 Å². The largest absolute Gasteiger partial charge is 0.326 e. The van der Waals surface area contributed by atoms with Crippen LogP contribution in [0.1, 0.15) is 12.5 Å². The van der Waals surface area contributed by atoms with E-state index in [-0.39, 0.29) is 0 Å². The maximum atomic E-state index is 6.19. The van der Waals surface area contributed by atoms with Crippen LogP contribution in [0.15, 0.2) is 60.8 Å². The normalized spacial score (nSPS) is 10.5. The highest BCUT2D eigenvalue weighted by atomic mass is 35.5. The van der Waals surface area contributed by atoms with E-state index in [9.17, 15) is 0 Å². The highest BCUT2D eigenvalue weighted by Crippen LogP contribution is 2.27. The third kappa shape index (κ3) is 3.66. The van der Waals surface area contributed by atoms with E-state index in [4.69, 9.17) is 11.6 Å². The van der Waals surface area contributed by atoms with Crippen LogP contribution in [0.25, 0.3) is 0 Å². The van der Waals surface area contributed by atoms with E-state index in [1.54, 1.807) is 6.20 Å². The molecular weight excluding hydrogens is 320 g/mol. The van der Waals surface area contributed by atoms with Gasteiger partial charge in [-0.1, -0.05) is 35.9 Å². The van der Waals surface area contributed by atoms with Crippen molar-refractivity contribution in [2.24, 2.45) is 0 Å². The number of nitrogens with zero attached hydrogens (tertiary/aromatic N) is 3. The van der Waals surface area contributed by atoms with Crippen LogP contribution in [0.5, 0.6) is 0 Å². The predicted molar refractivity (Wildman–Crippen MR) is 101 cm³/mol. The second-order valence-electron chi connectivity index (χ2n) is 5.43. The number of hydrogen-bond acceptors (Lipinski definition) is 4. The standard InChI is InChI=1S/C19H19ClN4/c1-3-24(15-8-6-7-14(2)13-15)18-11-12-21-19(23-18)22-17-10-5-4-9-16(17)20/h4-13H,3H2,1-2H3,(H,21,22,23). The Kier molecular flexibility index (Phi) is 4.96. The zero-order valence-corrected chi connectivity index (χ0v) is 14.5. The van der Waals surface area contributed by atoms with Crippen molar-refractivity contribution in [3.63, 3.8) is 0 Å². The quantitative estimate of drug-likeness (QED) is 0.681. The van der Waals surface area contributed by atoms with Crippen LogP contribution in [0.2, 0.25) is 5.02 Å². The molecule has 0 saturated carbocycles. The van der Waals surface area contributed by atoms with Crippen molar-refractivity contribution in [2.75, 3.05) is 16.8 Å². The minimum Gasteiger partial charge on any atom is -0.326 e. The third-order valence-electron chi connectivity index (χ3n) is 3.67. The number of hydrogen-bond donors (Lipinski definition) is 1. The number of para-hydroxylation sites is 1. The minimum atomic E-state index is 0.520. The summed E-state index contributed by atoms with van der Waals surface area (Å²) in [6, 6.07) is 17.8. The molecule has 0 spiro atoms. The molecule has 5 heteroatoms. The minimum absolute atomic E-state index is 0.520. The Morgan fingerprint density at radius 1 is 1.08 bits per heavy atom. The number of benzene rings is 2. The van der Waals surface area contributed by atoms with E-state index < -0.39 is 0 Å². The van der Waals surface area contributed by atoms with Crippen molar-refractivity contribution in [1.82, 2.24) is 9.97 Å². The summed E-state index contributed by atoms with van der Waals surface area (Å²) in [6.07, 6.45) is 1.75. The van der Waals surface area contributed by atoms with Gasteiger partial charge in [-0.3, -0.25) is 0 Å². The molecule has 4 nitrogen and oxygen atoms in total. The van der Waals surface area contributed by atoms with E-state index in [0.29, 0.717) is 11.0 Å². The van der Waals surface area contributed by atoms with Crippen LogP contribution in [-0.4, -0.2) is 16.5 Å². The highest BCUT2D eigenvalue weighted by Gasteiger charge is 2.10. The van der Waals surface area contributed by atoms with Gasteiger partial charge in [0.15, 0.2) is 0 Å². The van der Waals surface area contributed by atoms with Gasteiger partial charge in [0.25, 0.3) is 0 Å².